The number of carbonyl (C=O) groups is 1. The van der Waals surface area contributed by atoms with Crippen molar-refractivity contribution < 1.29 is 22.7 Å². The fourth-order valence-electron chi connectivity index (χ4n) is 2.66. The van der Waals surface area contributed by atoms with Crippen molar-refractivity contribution in [3.05, 3.63) is 23.9 Å². The smallest absolute Gasteiger partial charge is 0.422 e. The normalized spacial score (nSPS) is 22.2. The van der Waals surface area contributed by atoms with E-state index in [1.165, 1.54) is 18.3 Å². The van der Waals surface area contributed by atoms with Gasteiger partial charge in [0.25, 0.3) is 5.91 Å². The molecule has 1 saturated carbocycles. The molecule has 0 saturated heterocycles. The molecule has 0 bridgehead atoms. The first-order chi connectivity index (χ1) is 10.3. The van der Waals surface area contributed by atoms with Crippen LogP contribution >= 0.6 is 0 Å². The van der Waals surface area contributed by atoms with Crippen molar-refractivity contribution in [2.75, 3.05) is 6.61 Å². The molecule has 7 heteroatoms. The molecule has 1 amide bonds. The summed E-state index contributed by atoms with van der Waals surface area (Å²) in [5, 5.41) is 2.86. The second-order valence-corrected chi connectivity index (χ2v) is 5.70. The lowest BCUT2D eigenvalue weighted by molar-refractivity contribution is -0.154. The molecule has 1 fully saturated rings. The lowest BCUT2D eigenvalue weighted by atomic mass is 9.87. The van der Waals surface area contributed by atoms with Crippen LogP contribution in [0, 0.1) is 5.92 Å². The van der Waals surface area contributed by atoms with E-state index in [0.717, 1.165) is 25.7 Å². The molecule has 4 nitrogen and oxygen atoms in total. The Balaban J connectivity index is 2.02. The first kappa shape index (κ1) is 16.6. The number of nitrogens with one attached hydrogen (secondary N) is 1. The Morgan fingerprint density at radius 1 is 1.45 bits per heavy atom. The highest BCUT2D eigenvalue weighted by atomic mass is 19.4. The monoisotopic (exact) mass is 316 g/mol. The Hall–Kier alpha value is -1.79. The number of alkyl halides is 3. The largest absolute Gasteiger partial charge is 0.467 e. The lowest BCUT2D eigenvalue weighted by Crippen LogP contribution is -2.38. The number of hydrogen-bond acceptors (Lipinski definition) is 3. The molecule has 0 aromatic carbocycles. The maximum absolute atomic E-state index is 12.3. The molecule has 1 aliphatic rings. The van der Waals surface area contributed by atoms with Crippen molar-refractivity contribution in [2.45, 2.75) is 44.8 Å². The number of ether oxygens (including phenoxy) is 1. The third-order valence-electron chi connectivity index (χ3n) is 3.66. The van der Waals surface area contributed by atoms with E-state index in [2.05, 4.69) is 22.0 Å². The number of rotatable bonds is 4. The van der Waals surface area contributed by atoms with Crippen molar-refractivity contribution in [3.63, 3.8) is 0 Å². The van der Waals surface area contributed by atoms with Crippen LogP contribution in [0.4, 0.5) is 13.2 Å². The summed E-state index contributed by atoms with van der Waals surface area (Å²) in [6.07, 6.45) is 0.769. The molecule has 2 unspecified atom stereocenters. The summed E-state index contributed by atoms with van der Waals surface area (Å²) in [4.78, 5) is 16.0. The van der Waals surface area contributed by atoms with Crippen LogP contribution in [0.5, 0.6) is 5.88 Å². The Morgan fingerprint density at radius 2 is 2.23 bits per heavy atom. The van der Waals surface area contributed by atoms with Crippen LogP contribution in [-0.2, 0) is 0 Å². The number of pyridine rings is 1. The summed E-state index contributed by atoms with van der Waals surface area (Å²) >= 11 is 0. The van der Waals surface area contributed by atoms with Gasteiger partial charge in [-0.2, -0.15) is 13.2 Å². The molecule has 1 aromatic rings. The second kappa shape index (κ2) is 6.98. The molecule has 0 spiro atoms. The fraction of sp³-hybridized carbons (Fsp3) is 0.600. The summed E-state index contributed by atoms with van der Waals surface area (Å²) in [6.45, 7) is 0.658. The number of amides is 1. The molecule has 0 aliphatic heterocycles. The van der Waals surface area contributed by atoms with Crippen molar-refractivity contribution >= 4 is 5.91 Å². The number of nitrogens with zero attached hydrogens (tertiary/aromatic N) is 1. The molecule has 1 aromatic heterocycles. The van der Waals surface area contributed by atoms with Crippen molar-refractivity contribution in [1.29, 1.82) is 0 Å². The molecule has 22 heavy (non-hydrogen) atoms. The quantitative estimate of drug-likeness (QED) is 0.927. The average molecular weight is 316 g/mol. The highest BCUT2D eigenvalue weighted by Gasteiger charge is 2.30. The zero-order chi connectivity index (χ0) is 16.2. The summed E-state index contributed by atoms with van der Waals surface area (Å²) in [5.41, 5.74) is 0.0324. The lowest BCUT2D eigenvalue weighted by Gasteiger charge is -2.27. The van der Waals surface area contributed by atoms with Crippen LogP contribution < -0.4 is 10.1 Å². The van der Waals surface area contributed by atoms with Gasteiger partial charge >= 0.3 is 6.18 Å². The average Bonchev–Trinajstić information content (AvgIpc) is 2.44. The summed E-state index contributed by atoms with van der Waals surface area (Å²) in [5.74, 6) is -0.195. The summed E-state index contributed by atoms with van der Waals surface area (Å²) in [6, 6.07) is 2.96. The Kier molecular flexibility index (Phi) is 5.26. The first-order valence-corrected chi connectivity index (χ1v) is 7.30. The summed E-state index contributed by atoms with van der Waals surface area (Å²) in [7, 11) is 0. The maximum Gasteiger partial charge on any atom is 0.422 e. The van der Waals surface area contributed by atoms with Gasteiger partial charge in [0.1, 0.15) is 5.56 Å². The summed E-state index contributed by atoms with van der Waals surface area (Å²) < 4.78 is 41.3. The van der Waals surface area contributed by atoms with Crippen molar-refractivity contribution in [2.24, 2.45) is 5.92 Å². The van der Waals surface area contributed by atoms with Gasteiger partial charge in [-0.05, 0) is 30.9 Å². The molecular formula is C15H19F3N2O2. The highest BCUT2D eigenvalue weighted by Crippen LogP contribution is 2.25. The minimum atomic E-state index is -4.47. The predicted octanol–water partition coefficient (Wildman–Crippen LogP) is 3.33. The number of hydrogen-bond donors (Lipinski definition) is 1. The standard InChI is InChI=1S/C15H19F3N2O2/c1-10-4-2-5-11(8-10)20-13(21)12-6-3-7-19-14(12)22-9-15(16,17)18/h3,6-7,10-11H,2,4-5,8-9H2,1H3,(H,20,21). The van der Waals surface area contributed by atoms with Gasteiger partial charge in [-0.25, -0.2) is 4.98 Å². The first-order valence-electron chi connectivity index (χ1n) is 7.30. The maximum atomic E-state index is 12.3. The Labute approximate surface area is 127 Å². The van der Waals surface area contributed by atoms with E-state index in [1.54, 1.807) is 0 Å². The van der Waals surface area contributed by atoms with E-state index >= 15 is 0 Å². The zero-order valence-corrected chi connectivity index (χ0v) is 12.3. The van der Waals surface area contributed by atoms with Crippen molar-refractivity contribution in [3.8, 4) is 5.88 Å². The van der Waals surface area contributed by atoms with E-state index in [4.69, 9.17) is 0 Å². The third-order valence-corrected chi connectivity index (χ3v) is 3.66. The molecule has 2 atom stereocenters. The van der Waals surface area contributed by atoms with E-state index in [1.807, 2.05) is 0 Å². The van der Waals surface area contributed by atoms with Gasteiger partial charge in [0.2, 0.25) is 5.88 Å². The second-order valence-electron chi connectivity index (χ2n) is 5.70. The van der Waals surface area contributed by atoms with Crippen LogP contribution in [0.25, 0.3) is 0 Å². The SMILES string of the molecule is CC1CCCC(NC(=O)c2cccnc2OCC(F)(F)F)C1. The minimum absolute atomic E-state index is 0.0324. The van der Waals surface area contributed by atoms with Gasteiger partial charge in [0.05, 0.1) is 0 Å². The van der Waals surface area contributed by atoms with Gasteiger partial charge in [-0.15, -0.1) is 0 Å². The van der Waals surface area contributed by atoms with Gasteiger partial charge in [0.15, 0.2) is 6.61 Å². The molecule has 1 aliphatic carbocycles. The Morgan fingerprint density at radius 3 is 2.91 bits per heavy atom. The number of carbonyl (C=O) groups excluding carboxylic acids is 1. The van der Waals surface area contributed by atoms with Gasteiger partial charge in [-0.3, -0.25) is 4.79 Å². The molecule has 0 radical (unpaired) electrons. The van der Waals surface area contributed by atoms with Crippen LogP contribution in [-0.4, -0.2) is 29.7 Å². The van der Waals surface area contributed by atoms with E-state index < -0.39 is 18.7 Å². The predicted molar refractivity (Wildman–Crippen MR) is 74.7 cm³/mol. The highest BCUT2D eigenvalue weighted by molar-refractivity contribution is 5.96. The van der Waals surface area contributed by atoms with Crippen molar-refractivity contribution in [1.82, 2.24) is 10.3 Å². The van der Waals surface area contributed by atoms with E-state index in [9.17, 15) is 18.0 Å². The molecule has 2 rings (SSSR count). The van der Waals surface area contributed by atoms with Gasteiger partial charge < -0.3 is 10.1 Å². The molecule has 1 heterocycles. The van der Waals surface area contributed by atoms with Gasteiger partial charge in [0, 0.05) is 12.2 Å². The van der Waals surface area contributed by atoms with Crippen LogP contribution in [0.2, 0.25) is 0 Å². The van der Waals surface area contributed by atoms with Gasteiger partial charge in [-0.1, -0.05) is 19.8 Å². The number of halogens is 3. The van der Waals surface area contributed by atoms with E-state index in [-0.39, 0.29) is 17.5 Å². The fourth-order valence-corrected chi connectivity index (χ4v) is 2.66. The number of aromatic nitrogens is 1. The van der Waals surface area contributed by atoms with Crippen LogP contribution in [0.15, 0.2) is 18.3 Å². The van der Waals surface area contributed by atoms with Crippen LogP contribution in [0.3, 0.4) is 0 Å². The molecule has 122 valence electrons. The molecule has 1 N–H and O–H groups in total. The Bertz CT molecular complexity index is 520. The van der Waals surface area contributed by atoms with E-state index in [0.29, 0.717) is 5.92 Å². The zero-order valence-electron chi connectivity index (χ0n) is 12.3. The topological polar surface area (TPSA) is 51.2 Å². The minimum Gasteiger partial charge on any atom is -0.467 e. The van der Waals surface area contributed by atoms with Crippen LogP contribution in [0.1, 0.15) is 43.0 Å². The molecular weight excluding hydrogens is 297 g/mol. The third kappa shape index (κ3) is 4.89.